The van der Waals surface area contributed by atoms with Crippen molar-refractivity contribution < 1.29 is 10.2 Å². The second-order valence-corrected chi connectivity index (χ2v) is 2.58. The van der Waals surface area contributed by atoms with E-state index in [0.29, 0.717) is 0 Å². The van der Waals surface area contributed by atoms with Crippen LogP contribution in [-0.2, 0) is 6.42 Å². The summed E-state index contributed by atoms with van der Waals surface area (Å²) in [6, 6.07) is 3.30. The van der Waals surface area contributed by atoms with E-state index < -0.39 is 0 Å². The Balaban J connectivity index is 3.29. The van der Waals surface area contributed by atoms with Gasteiger partial charge in [0.1, 0.15) is 0 Å². The molecule has 0 aliphatic heterocycles. The Bertz CT molecular complexity index is 267. The Morgan fingerprint density at radius 3 is 2.36 bits per heavy atom. The lowest BCUT2D eigenvalue weighted by molar-refractivity contribution is 0.399. The number of aromatic hydroxyl groups is 2. The van der Waals surface area contributed by atoms with Crippen LogP contribution < -0.4 is 0 Å². The van der Waals surface area contributed by atoms with E-state index in [0.717, 1.165) is 17.5 Å². The number of hydrogen-bond donors (Lipinski definition) is 2. The maximum absolute atomic E-state index is 9.33. The van der Waals surface area contributed by atoms with E-state index in [1.165, 1.54) is 6.07 Å². The summed E-state index contributed by atoms with van der Waals surface area (Å²) in [5.41, 5.74) is 1.84. The lowest BCUT2D eigenvalue weighted by atomic mass is 10.1. The van der Waals surface area contributed by atoms with E-state index in [-0.39, 0.29) is 11.5 Å². The fourth-order valence-corrected chi connectivity index (χ4v) is 1.17. The van der Waals surface area contributed by atoms with Crippen molar-refractivity contribution in [3.8, 4) is 11.5 Å². The van der Waals surface area contributed by atoms with Gasteiger partial charge < -0.3 is 10.2 Å². The van der Waals surface area contributed by atoms with Crippen molar-refractivity contribution in [2.75, 3.05) is 0 Å². The second-order valence-electron chi connectivity index (χ2n) is 2.58. The Labute approximate surface area is 66.1 Å². The van der Waals surface area contributed by atoms with E-state index in [4.69, 9.17) is 5.11 Å². The molecule has 0 fully saturated rings. The molecule has 0 unspecified atom stereocenters. The molecule has 0 saturated carbocycles. The molecule has 0 aliphatic rings. The van der Waals surface area contributed by atoms with E-state index in [9.17, 15) is 5.11 Å². The first-order valence-corrected chi connectivity index (χ1v) is 3.67. The minimum atomic E-state index is -0.0348. The smallest absolute Gasteiger partial charge is 0.160 e. The Hall–Kier alpha value is -1.18. The molecule has 0 spiro atoms. The van der Waals surface area contributed by atoms with Crippen molar-refractivity contribution in [1.29, 1.82) is 0 Å². The number of rotatable bonds is 1. The summed E-state index contributed by atoms with van der Waals surface area (Å²) in [7, 11) is 0. The van der Waals surface area contributed by atoms with Crippen LogP contribution >= 0.6 is 0 Å². The first-order valence-electron chi connectivity index (χ1n) is 3.67. The molecule has 1 aromatic rings. The minimum absolute atomic E-state index is 0.0208. The van der Waals surface area contributed by atoms with Crippen molar-refractivity contribution in [2.24, 2.45) is 0 Å². The van der Waals surface area contributed by atoms with Gasteiger partial charge in [-0.3, -0.25) is 0 Å². The Morgan fingerprint density at radius 1 is 1.27 bits per heavy atom. The van der Waals surface area contributed by atoms with Crippen LogP contribution in [0.4, 0.5) is 0 Å². The van der Waals surface area contributed by atoms with Gasteiger partial charge in [-0.25, -0.2) is 0 Å². The SMILES string of the molecule is CCc1c(C)ccc(O)c1O. The van der Waals surface area contributed by atoms with Gasteiger partial charge in [0.05, 0.1) is 0 Å². The molecule has 11 heavy (non-hydrogen) atoms. The van der Waals surface area contributed by atoms with Crippen molar-refractivity contribution in [3.63, 3.8) is 0 Å². The number of hydrogen-bond acceptors (Lipinski definition) is 2. The molecule has 0 aromatic heterocycles. The molecule has 1 aromatic carbocycles. The maximum Gasteiger partial charge on any atom is 0.160 e. The predicted octanol–water partition coefficient (Wildman–Crippen LogP) is 1.97. The molecule has 0 saturated heterocycles. The normalized spacial score (nSPS) is 10.0. The molecule has 2 nitrogen and oxygen atoms in total. The minimum Gasteiger partial charge on any atom is -0.504 e. The summed E-state index contributed by atoms with van der Waals surface area (Å²) in [6.07, 6.45) is 0.742. The summed E-state index contributed by atoms with van der Waals surface area (Å²) < 4.78 is 0. The highest BCUT2D eigenvalue weighted by molar-refractivity contribution is 5.48. The first-order chi connectivity index (χ1) is 5.16. The summed E-state index contributed by atoms with van der Waals surface area (Å²) in [5.74, 6) is -0.0139. The number of phenolic OH excluding ortho intramolecular Hbond substituents is 2. The topological polar surface area (TPSA) is 40.5 Å². The van der Waals surface area contributed by atoms with Gasteiger partial charge in [-0.15, -0.1) is 0 Å². The number of phenols is 2. The van der Waals surface area contributed by atoms with Crippen LogP contribution in [0.5, 0.6) is 11.5 Å². The standard InChI is InChI=1S/C9H12O2/c1-3-7-6(2)4-5-8(10)9(7)11/h4-5,10-11H,3H2,1-2H3. The Kier molecular flexibility index (Phi) is 2.03. The third-order valence-corrected chi connectivity index (χ3v) is 1.85. The molecular formula is C9H12O2. The van der Waals surface area contributed by atoms with Crippen LogP contribution in [-0.4, -0.2) is 10.2 Å². The van der Waals surface area contributed by atoms with Crippen LogP contribution in [0.15, 0.2) is 12.1 Å². The van der Waals surface area contributed by atoms with E-state index in [1.54, 1.807) is 6.07 Å². The van der Waals surface area contributed by atoms with Crippen molar-refractivity contribution >= 4 is 0 Å². The molecule has 0 radical (unpaired) electrons. The highest BCUT2D eigenvalue weighted by atomic mass is 16.3. The first kappa shape index (κ1) is 7.92. The summed E-state index contributed by atoms with van der Waals surface area (Å²) in [5, 5.41) is 18.4. The van der Waals surface area contributed by atoms with Crippen LogP contribution in [0.25, 0.3) is 0 Å². The average Bonchev–Trinajstić information content (AvgIpc) is 1.99. The molecular weight excluding hydrogens is 140 g/mol. The molecule has 2 N–H and O–H groups in total. The molecule has 0 bridgehead atoms. The fourth-order valence-electron chi connectivity index (χ4n) is 1.17. The van der Waals surface area contributed by atoms with Gasteiger partial charge in [0.2, 0.25) is 0 Å². The summed E-state index contributed by atoms with van der Waals surface area (Å²) >= 11 is 0. The third-order valence-electron chi connectivity index (χ3n) is 1.85. The average molecular weight is 152 g/mol. The second kappa shape index (κ2) is 2.82. The predicted molar refractivity (Wildman–Crippen MR) is 43.9 cm³/mol. The fraction of sp³-hybridized carbons (Fsp3) is 0.333. The Morgan fingerprint density at radius 2 is 1.91 bits per heavy atom. The largest absolute Gasteiger partial charge is 0.504 e. The van der Waals surface area contributed by atoms with E-state index in [2.05, 4.69) is 0 Å². The number of benzene rings is 1. The molecule has 0 heterocycles. The van der Waals surface area contributed by atoms with E-state index >= 15 is 0 Å². The summed E-state index contributed by atoms with van der Waals surface area (Å²) in [6.45, 7) is 3.86. The summed E-state index contributed by atoms with van der Waals surface area (Å²) in [4.78, 5) is 0. The van der Waals surface area contributed by atoms with Crippen LogP contribution in [0, 0.1) is 6.92 Å². The van der Waals surface area contributed by atoms with Gasteiger partial charge in [-0.2, -0.15) is 0 Å². The molecule has 60 valence electrons. The lowest BCUT2D eigenvalue weighted by Crippen LogP contribution is -1.86. The lowest BCUT2D eigenvalue weighted by Gasteiger charge is -2.06. The van der Waals surface area contributed by atoms with Crippen LogP contribution in [0.1, 0.15) is 18.1 Å². The third kappa shape index (κ3) is 1.29. The highest BCUT2D eigenvalue weighted by Crippen LogP contribution is 2.30. The highest BCUT2D eigenvalue weighted by Gasteiger charge is 2.06. The van der Waals surface area contributed by atoms with Gasteiger partial charge in [-0.1, -0.05) is 13.0 Å². The van der Waals surface area contributed by atoms with Gasteiger partial charge in [0.25, 0.3) is 0 Å². The monoisotopic (exact) mass is 152 g/mol. The van der Waals surface area contributed by atoms with Crippen molar-refractivity contribution in [3.05, 3.63) is 23.3 Å². The van der Waals surface area contributed by atoms with Gasteiger partial charge in [0, 0.05) is 5.56 Å². The molecule has 1 rings (SSSR count). The van der Waals surface area contributed by atoms with Crippen LogP contribution in [0.3, 0.4) is 0 Å². The van der Waals surface area contributed by atoms with Gasteiger partial charge in [-0.05, 0) is 25.0 Å². The van der Waals surface area contributed by atoms with Crippen molar-refractivity contribution in [1.82, 2.24) is 0 Å². The molecule has 0 aliphatic carbocycles. The van der Waals surface area contributed by atoms with Gasteiger partial charge >= 0.3 is 0 Å². The maximum atomic E-state index is 9.33. The van der Waals surface area contributed by atoms with E-state index in [1.807, 2.05) is 13.8 Å². The van der Waals surface area contributed by atoms with Crippen LogP contribution in [0.2, 0.25) is 0 Å². The zero-order chi connectivity index (χ0) is 8.43. The zero-order valence-electron chi connectivity index (χ0n) is 6.76. The quantitative estimate of drug-likeness (QED) is 0.604. The van der Waals surface area contributed by atoms with Crippen molar-refractivity contribution in [2.45, 2.75) is 20.3 Å². The molecule has 0 atom stereocenters. The number of aryl methyl sites for hydroxylation is 1. The molecule has 0 amide bonds. The zero-order valence-corrected chi connectivity index (χ0v) is 6.76. The molecule has 2 heteroatoms. The van der Waals surface area contributed by atoms with Gasteiger partial charge in [0.15, 0.2) is 11.5 Å².